The topological polar surface area (TPSA) is 37.3 Å². The van der Waals surface area contributed by atoms with Gasteiger partial charge >= 0.3 is 5.97 Å². The lowest BCUT2D eigenvalue weighted by atomic mass is 10.1. The molecule has 1 N–H and O–H groups in total. The Labute approximate surface area is 127 Å². The van der Waals surface area contributed by atoms with Gasteiger partial charge in [0.05, 0.1) is 5.56 Å². The summed E-state index contributed by atoms with van der Waals surface area (Å²) >= 11 is 1.82. The van der Waals surface area contributed by atoms with Crippen LogP contribution in [0.5, 0.6) is 0 Å². The predicted octanol–water partition coefficient (Wildman–Crippen LogP) is 5.62. The number of unbranched alkanes of at least 4 members (excludes halogenated alkanes) is 7. The van der Waals surface area contributed by atoms with Crippen LogP contribution in [0.15, 0.2) is 29.2 Å². The Morgan fingerprint density at radius 2 is 1.50 bits per heavy atom. The molecule has 0 amide bonds. The lowest BCUT2D eigenvalue weighted by molar-refractivity contribution is 0.0697. The highest BCUT2D eigenvalue weighted by atomic mass is 32.2. The number of hydrogen-bond acceptors (Lipinski definition) is 2. The summed E-state index contributed by atoms with van der Waals surface area (Å²) in [7, 11) is 0. The molecule has 1 aromatic rings. The minimum Gasteiger partial charge on any atom is -0.478 e. The zero-order chi connectivity index (χ0) is 14.6. The normalized spacial score (nSPS) is 10.7. The third-order valence-corrected chi connectivity index (χ3v) is 4.47. The molecule has 20 heavy (non-hydrogen) atoms. The zero-order valence-corrected chi connectivity index (χ0v) is 13.3. The monoisotopic (exact) mass is 294 g/mol. The van der Waals surface area contributed by atoms with E-state index in [2.05, 4.69) is 6.92 Å². The van der Waals surface area contributed by atoms with Crippen LogP contribution in [0.3, 0.4) is 0 Å². The average Bonchev–Trinajstić information content (AvgIpc) is 2.46. The molecule has 0 heterocycles. The Kier molecular flexibility index (Phi) is 9.22. The molecule has 0 aliphatic heterocycles. The lowest BCUT2D eigenvalue weighted by Crippen LogP contribution is -1.94. The van der Waals surface area contributed by atoms with E-state index in [9.17, 15) is 4.79 Å². The van der Waals surface area contributed by atoms with Crippen LogP contribution in [0.25, 0.3) is 0 Å². The first-order valence-corrected chi connectivity index (χ1v) is 8.68. The molecule has 1 rings (SSSR count). The fraction of sp³-hybridized carbons (Fsp3) is 0.588. The third-order valence-electron chi connectivity index (χ3n) is 3.37. The predicted molar refractivity (Wildman–Crippen MR) is 86.7 cm³/mol. The van der Waals surface area contributed by atoms with E-state index in [1.165, 1.54) is 51.4 Å². The van der Waals surface area contributed by atoms with Crippen molar-refractivity contribution >= 4 is 17.7 Å². The van der Waals surface area contributed by atoms with Gasteiger partial charge in [-0.2, -0.15) is 0 Å². The van der Waals surface area contributed by atoms with E-state index in [0.29, 0.717) is 5.56 Å². The molecule has 0 unspecified atom stereocenters. The Bertz CT molecular complexity index is 373. The van der Waals surface area contributed by atoms with Crippen LogP contribution in [0.2, 0.25) is 0 Å². The molecule has 0 bridgehead atoms. The first-order valence-electron chi connectivity index (χ1n) is 7.70. The maximum absolute atomic E-state index is 10.7. The molecule has 112 valence electrons. The summed E-state index contributed by atoms with van der Waals surface area (Å²) in [6, 6.07) is 7.16. The standard InChI is InChI=1S/C17H26O2S/c1-2-3-4-5-6-7-8-9-14-20-16-12-10-15(11-13-16)17(18)19/h10-13H,2-9,14H2,1H3,(H,18,19). The van der Waals surface area contributed by atoms with E-state index in [-0.39, 0.29) is 0 Å². The van der Waals surface area contributed by atoms with Crippen molar-refractivity contribution < 1.29 is 9.90 Å². The summed E-state index contributed by atoms with van der Waals surface area (Å²) in [4.78, 5) is 11.9. The highest BCUT2D eigenvalue weighted by Crippen LogP contribution is 2.20. The lowest BCUT2D eigenvalue weighted by Gasteiger charge is -2.03. The Hall–Kier alpha value is -0.960. The van der Waals surface area contributed by atoms with E-state index in [1.807, 2.05) is 23.9 Å². The van der Waals surface area contributed by atoms with E-state index < -0.39 is 5.97 Å². The van der Waals surface area contributed by atoms with Gasteiger partial charge in [-0.25, -0.2) is 4.79 Å². The molecule has 0 aromatic heterocycles. The first-order chi connectivity index (χ1) is 9.74. The number of thioether (sulfide) groups is 1. The molecule has 2 nitrogen and oxygen atoms in total. The van der Waals surface area contributed by atoms with Crippen LogP contribution >= 0.6 is 11.8 Å². The number of carboxylic acid groups (broad SMARTS) is 1. The highest BCUT2D eigenvalue weighted by molar-refractivity contribution is 7.99. The smallest absolute Gasteiger partial charge is 0.335 e. The van der Waals surface area contributed by atoms with Gasteiger partial charge in [-0.1, -0.05) is 51.9 Å². The molecule has 0 saturated carbocycles. The van der Waals surface area contributed by atoms with Crippen molar-refractivity contribution in [2.24, 2.45) is 0 Å². The summed E-state index contributed by atoms with van der Waals surface area (Å²) in [5.74, 6) is 0.270. The largest absolute Gasteiger partial charge is 0.478 e. The number of benzene rings is 1. The molecule has 0 radical (unpaired) electrons. The van der Waals surface area contributed by atoms with E-state index in [0.717, 1.165) is 10.6 Å². The fourth-order valence-electron chi connectivity index (χ4n) is 2.12. The van der Waals surface area contributed by atoms with Crippen LogP contribution < -0.4 is 0 Å². The SMILES string of the molecule is CCCCCCCCCCSc1ccc(C(=O)O)cc1. The molecule has 0 spiro atoms. The van der Waals surface area contributed by atoms with E-state index >= 15 is 0 Å². The summed E-state index contributed by atoms with van der Waals surface area (Å²) < 4.78 is 0. The Morgan fingerprint density at radius 1 is 0.950 bits per heavy atom. The summed E-state index contributed by atoms with van der Waals surface area (Å²) in [6.45, 7) is 2.25. The number of carbonyl (C=O) groups is 1. The van der Waals surface area contributed by atoms with Crippen molar-refractivity contribution in [3.63, 3.8) is 0 Å². The minimum absolute atomic E-state index is 0.362. The highest BCUT2D eigenvalue weighted by Gasteiger charge is 2.01. The van der Waals surface area contributed by atoms with Gasteiger partial charge in [0.15, 0.2) is 0 Å². The maximum atomic E-state index is 10.7. The van der Waals surface area contributed by atoms with E-state index in [1.54, 1.807) is 12.1 Å². The second-order valence-corrected chi connectivity index (χ2v) is 6.32. The van der Waals surface area contributed by atoms with Crippen molar-refractivity contribution in [1.82, 2.24) is 0 Å². The Balaban J connectivity index is 2.02. The van der Waals surface area contributed by atoms with Gasteiger partial charge in [-0.05, 0) is 36.4 Å². The van der Waals surface area contributed by atoms with Crippen LogP contribution in [0.4, 0.5) is 0 Å². The molecular weight excluding hydrogens is 268 g/mol. The van der Waals surface area contributed by atoms with Gasteiger partial charge in [0.2, 0.25) is 0 Å². The number of hydrogen-bond donors (Lipinski definition) is 1. The Morgan fingerprint density at radius 3 is 2.05 bits per heavy atom. The summed E-state index contributed by atoms with van der Waals surface area (Å²) in [5.41, 5.74) is 0.362. The molecule has 0 aliphatic rings. The van der Waals surface area contributed by atoms with Gasteiger partial charge < -0.3 is 5.11 Å². The van der Waals surface area contributed by atoms with Gasteiger partial charge in [-0.3, -0.25) is 0 Å². The summed E-state index contributed by atoms with van der Waals surface area (Å²) in [6.07, 6.45) is 10.8. The number of rotatable bonds is 11. The van der Waals surface area contributed by atoms with Crippen LogP contribution in [0.1, 0.15) is 68.6 Å². The van der Waals surface area contributed by atoms with Gasteiger partial charge in [-0.15, -0.1) is 11.8 Å². The van der Waals surface area contributed by atoms with Crippen molar-refractivity contribution in [3.8, 4) is 0 Å². The van der Waals surface area contributed by atoms with Crippen LogP contribution in [0, 0.1) is 0 Å². The molecule has 1 aromatic carbocycles. The number of aromatic carboxylic acids is 1. The first kappa shape index (κ1) is 17.1. The second-order valence-electron chi connectivity index (χ2n) is 5.15. The van der Waals surface area contributed by atoms with Crippen molar-refractivity contribution in [2.45, 2.75) is 63.2 Å². The molecule has 0 saturated heterocycles. The molecule has 0 atom stereocenters. The van der Waals surface area contributed by atoms with Crippen molar-refractivity contribution in [2.75, 3.05) is 5.75 Å². The molecule has 0 fully saturated rings. The molecule has 3 heteroatoms. The van der Waals surface area contributed by atoms with E-state index in [4.69, 9.17) is 5.11 Å². The summed E-state index contributed by atoms with van der Waals surface area (Å²) in [5, 5.41) is 8.82. The number of carboxylic acids is 1. The van der Waals surface area contributed by atoms with Crippen LogP contribution in [-0.4, -0.2) is 16.8 Å². The van der Waals surface area contributed by atoms with Gasteiger partial charge in [0, 0.05) is 4.90 Å². The maximum Gasteiger partial charge on any atom is 0.335 e. The minimum atomic E-state index is -0.857. The van der Waals surface area contributed by atoms with Gasteiger partial charge in [0.25, 0.3) is 0 Å². The molecular formula is C17H26O2S. The van der Waals surface area contributed by atoms with Crippen molar-refractivity contribution in [3.05, 3.63) is 29.8 Å². The zero-order valence-electron chi connectivity index (χ0n) is 12.4. The second kappa shape index (κ2) is 10.8. The molecule has 0 aliphatic carbocycles. The third kappa shape index (κ3) is 7.59. The quantitative estimate of drug-likeness (QED) is 0.425. The van der Waals surface area contributed by atoms with Gasteiger partial charge in [0.1, 0.15) is 0 Å². The fourth-order valence-corrected chi connectivity index (χ4v) is 3.03. The van der Waals surface area contributed by atoms with Crippen molar-refractivity contribution in [1.29, 1.82) is 0 Å². The average molecular weight is 294 g/mol. The van der Waals surface area contributed by atoms with Crippen LogP contribution in [-0.2, 0) is 0 Å².